The molecule has 0 atom stereocenters. The largest absolute Gasteiger partial charge is 0.484 e. The van der Waals surface area contributed by atoms with Gasteiger partial charge < -0.3 is 15.4 Å². The summed E-state index contributed by atoms with van der Waals surface area (Å²) >= 11 is 6.59. The molecule has 1 heterocycles. The Labute approximate surface area is 216 Å². The minimum Gasteiger partial charge on any atom is -0.484 e. The van der Waals surface area contributed by atoms with Crippen molar-refractivity contribution in [2.45, 2.75) is 0 Å². The van der Waals surface area contributed by atoms with E-state index in [4.69, 9.17) is 16.3 Å². The fourth-order valence-corrected chi connectivity index (χ4v) is 4.19. The Hall–Kier alpha value is -4.08. The molecule has 0 saturated carbocycles. The highest BCUT2D eigenvalue weighted by molar-refractivity contribution is 8.18. The molecule has 2 N–H and O–H groups in total. The zero-order valence-corrected chi connectivity index (χ0v) is 20.3. The van der Waals surface area contributed by atoms with Gasteiger partial charge in [0.05, 0.1) is 4.91 Å². The normalized spacial score (nSPS) is 14.1. The highest BCUT2D eigenvalue weighted by atomic mass is 35.5. The molecule has 36 heavy (non-hydrogen) atoms. The van der Waals surface area contributed by atoms with E-state index in [1.165, 1.54) is 0 Å². The van der Waals surface area contributed by atoms with Crippen molar-refractivity contribution in [1.29, 1.82) is 0 Å². The molecule has 3 aromatic rings. The standard InChI is InChI=1S/C26H20ClN3O5S/c27-18-9-11-20(12-10-18)29-24(32)16-35-21-8-4-5-17(13-21)14-22-25(33)30(26(34)36-22)15-23(31)28-19-6-2-1-3-7-19/h1-14H,15-16H2,(H,28,31)(H,29,32)/b22-14-. The molecule has 4 amide bonds. The number of carbonyl (C=O) groups excluding carboxylic acids is 4. The zero-order valence-electron chi connectivity index (χ0n) is 18.8. The first-order valence-corrected chi connectivity index (χ1v) is 12.0. The Morgan fingerprint density at radius 3 is 2.33 bits per heavy atom. The smallest absolute Gasteiger partial charge is 0.294 e. The summed E-state index contributed by atoms with van der Waals surface area (Å²) in [5, 5.41) is 5.39. The van der Waals surface area contributed by atoms with Gasteiger partial charge in [0.25, 0.3) is 17.1 Å². The lowest BCUT2D eigenvalue weighted by molar-refractivity contribution is -0.127. The summed E-state index contributed by atoms with van der Waals surface area (Å²) in [4.78, 5) is 50.6. The van der Waals surface area contributed by atoms with E-state index in [1.807, 2.05) is 6.07 Å². The fourth-order valence-electron chi connectivity index (χ4n) is 3.23. The van der Waals surface area contributed by atoms with Crippen molar-refractivity contribution >= 4 is 63.8 Å². The Kier molecular flexibility index (Phi) is 8.04. The molecule has 0 aromatic heterocycles. The molecule has 0 bridgehead atoms. The molecular formula is C26H20ClN3O5S. The number of imide groups is 1. The molecule has 0 spiro atoms. The number of nitrogens with one attached hydrogen (secondary N) is 2. The van der Waals surface area contributed by atoms with Crippen molar-refractivity contribution in [2.24, 2.45) is 0 Å². The summed E-state index contributed by atoms with van der Waals surface area (Å²) in [6.45, 7) is -0.609. The van der Waals surface area contributed by atoms with Crippen LogP contribution in [-0.4, -0.2) is 41.0 Å². The molecule has 8 nitrogen and oxygen atoms in total. The molecule has 1 aliphatic rings. The maximum Gasteiger partial charge on any atom is 0.294 e. The summed E-state index contributed by atoms with van der Waals surface area (Å²) in [6, 6.07) is 22.2. The third-order valence-electron chi connectivity index (χ3n) is 4.89. The third-order valence-corrected chi connectivity index (χ3v) is 6.05. The van der Waals surface area contributed by atoms with Crippen LogP contribution >= 0.6 is 23.4 Å². The van der Waals surface area contributed by atoms with Gasteiger partial charge in [-0.3, -0.25) is 24.1 Å². The number of carbonyl (C=O) groups is 4. The van der Waals surface area contributed by atoms with E-state index in [1.54, 1.807) is 78.9 Å². The van der Waals surface area contributed by atoms with Crippen LogP contribution in [0.25, 0.3) is 6.08 Å². The molecule has 10 heteroatoms. The topological polar surface area (TPSA) is 105 Å². The van der Waals surface area contributed by atoms with E-state index in [0.29, 0.717) is 27.7 Å². The molecule has 3 aromatic carbocycles. The number of anilines is 2. The number of hydrogen-bond acceptors (Lipinski definition) is 6. The van der Waals surface area contributed by atoms with Gasteiger partial charge >= 0.3 is 0 Å². The van der Waals surface area contributed by atoms with Crippen LogP contribution in [-0.2, 0) is 14.4 Å². The summed E-state index contributed by atoms with van der Waals surface area (Å²) in [5.74, 6) is -0.965. The van der Waals surface area contributed by atoms with Crippen molar-refractivity contribution in [1.82, 2.24) is 4.90 Å². The Bertz CT molecular complexity index is 1330. The van der Waals surface area contributed by atoms with E-state index in [-0.39, 0.29) is 24.0 Å². The lowest BCUT2D eigenvalue weighted by Crippen LogP contribution is -2.36. The number of halogens is 1. The molecule has 0 unspecified atom stereocenters. The second kappa shape index (κ2) is 11.6. The molecule has 182 valence electrons. The summed E-state index contributed by atoms with van der Waals surface area (Å²) in [5.41, 5.74) is 1.77. The molecule has 0 aliphatic carbocycles. The van der Waals surface area contributed by atoms with Gasteiger partial charge in [-0.1, -0.05) is 41.9 Å². The van der Waals surface area contributed by atoms with Gasteiger partial charge in [0.1, 0.15) is 12.3 Å². The van der Waals surface area contributed by atoms with Gasteiger partial charge in [0.15, 0.2) is 6.61 Å². The molecule has 0 radical (unpaired) electrons. The highest BCUT2D eigenvalue weighted by Crippen LogP contribution is 2.32. The monoisotopic (exact) mass is 521 g/mol. The predicted octanol–water partition coefficient (Wildman–Crippen LogP) is 5.03. The van der Waals surface area contributed by atoms with Crippen LogP contribution in [0.15, 0.2) is 83.8 Å². The first-order chi connectivity index (χ1) is 17.4. The number of para-hydroxylation sites is 1. The predicted molar refractivity (Wildman–Crippen MR) is 140 cm³/mol. The van der Waals surface area contributed by atoms with Crippen LogP contribution in [0, 0.1) is 0 Å². The van der Waals surface area contributed by atoms with Gasteiger partial charge in [-0.2, -0.15) is 0 Å². The number of nitrogens with zero attached hydrogens (tertiary/aromatic N) is 1. The zero-order chi connectivity index (χ0) is 25.5. The van der Waals surface area contributed by atoms with Crippen molar-refractivity contribution in [3.8, 4) is 5.75 Å². The van der Waals surface area contributed by atoms with Crippen molar-refractivity contribution in [3.05, 3.63) is 94.4 Å². The first kappa shape index (κ1) is 25.0. The van der Waals surface area contributed by atoms with Gasteiger partial charge in [-0.05, 0) is 71.9 Å². The summed E-state index contributed by atoms with van der Waals surface area (Å²) in [7, 11) is 0. The van der Waals surface area contributed by atoms with Crippen LogP contribution in [0.4, 0.5) is 16.2 Å². The van der Waals surface area contributed by atoms with Crippen LogP contribution in [0.3, 0.4) is 0 Å². The van der Waals surface area contributed by atoms with E-state index < -0.39 is 17.1 Å². The summed E-state index contributed by atoms with van der Waals surface area (Å²) < 4.78 is 5.56. The molecule has 1 aliphatic heterocycles. The van der Waals surface area contributed by atoms with E-state index in [9.17, 15) is 19.2 Å². The highest BCUT2D eigenvalue weighted by Gasteiger charge is 2.36. The lowest BCUT2D eigenvalue weighted by atomic mass is 10.2. The summed E-state index contributed by atoms with van der Waals surface area (Å²) in [6.07, 6.45) is 1.54. The number of benzene rings is 3. The molecule has 4 rings (SSSR count). The van der Waals surface area contributed by atoms with Gasteiger partial charge in [-0.25, -0.2) is 0 Å². The number of amides is 4. The van der Waals surface area contributed by atoms with Gasteiger partial charge in [0, 0.05) is 16.4 Å². The third kappa shape index (κ3) is 6.74. The van der Waals surface area contributed by atoms with Crippen molar-refractivity contribution in [2.75, 3.05) is 23.8 Å². The minimum absolute atomic E-state index is 0.185. The van der Waals surface area contributed by atoms with Crippen molar-refractivity contribution < 1.29 is 23.9 Å². The van der Waals surface area contributed by atoms with Crippen LogP contribution in [0.5, 0.6) is 5.75 Å². The molecule has 1 fully saturated rings. The quantitative estimate of drug-likeness (QED) is 0.403. The minimum atomic E-state index is -0.554. The second-order valence-electron chi connectivity index (χ2n) is 7.60. The maximum atomic E-state index is 12.7. The average Bonchev–Trinajstić information content (AvgIpc) is 3.12. The van der Waals surface area contributed by atoms with Gasteiger partial charge in [0.2, 0.25) is 5.91 Å². The van der Waals surface area contributed by atoms with Crippen LogP contribution < -0.4 is 15.4 Å². The van der Waals surface area contributed by atoms with Crippen molar-refractivity contribution in [3.63, 3.8) is 0 Å². The Balaban J connectivity index is 1.34. The van der Waals surface area contributed by atoms with E-state index >= 15 is 0 Å². The van der Waals surface area contributed by atoms with Crippen LogP contribution in [0.2, 0.25) is 5.02 Å². The number of ether oxygens (including phenoxy) is 1. The average molecular weight is 522 g/mol. The Morgan fingerprint density at radius 2 is 1.58 bits per heavy atom. The fraction of sp³-hybridized carbons (Fsp3) is 0.0769. The first-order valence-electron chi connectivity index (χ1n) is 10.8. The van der Waals surface area contributed by atoms with E-state index in [0.717, 1.165) is 16.7 Å². The number of thioether (sulfide) groups is 1. The maximum absolute atomic E-state index is 12.7. The molecule has 1 saturated heterocycles. The Morgan fingerprint density at radius 1 is 0.889 bits per heavy atom. The second-order valence-corrected chi connectivity index (χ2v) is 9.03. The number of hydrogen-bond donors (Lipinski definition) is 2. The SMILES string of the molecule is O=C(COc1cccc(/C=C2\SC(=O)N(CC(=O)Nc3ccccc3)C2=O)c1)Nc1ccc(Cl)cc1. The van der Waals surface area contributed by atoms with E-state index in [2.05, 4.69) is 10.6 Å². The molecular weight excluding hydrogens is 502 g/mol. The van der Waals surface area contributed by atoms with Gasteiger partial charge in [-0.15, -0.1) is 0 Å². The lowest BCUT2D eigenvalue weighted by Gasteiger charge is -2.12. The number of rotatable bonds is 8. The van der Waals surface area contributed by atoms with Crippen LogP contribution in [0.1, 0.15) is 5.56 Å².